The molecule has 5 heteroatoms. The largest absolute Gasteiger partial charge is 0.477 e. The minimum atomic E-state index is -0.978. The van der Waals surface area contributed by atoms with E-state index in [9.17, 15) is 4.79 Å². The summed E-state index contributed by atoms with van der Waals surface area (Å²) < 4.78 is 2.61. The molecule has 1 aromatic heterocycles. The van der Waals surface area contributed by atoms with Gasteiger partial charge in [0.2, 0.25) is 0 Å². The van der Waals surface area contributed by atoms with Crippen LogP contribution in [0.2, 0.25) is 5.02 Å². The molecular formula is C12H9BrClNO2. The summed E-state index contributed by atoms with van der Waals surface area (Å²) >= 11 is 9.16. The summed E-state index contributed by atoms with van der Waals surface area (Å²) in [6, 6.07) is 9.15. The van der Waals surface area contributed by atoms with Gasteiger partial charge in [0.05, 0.1) is 5.02 Å². The third-order valence-electron chi connectivity index (χ3n) is 2.35. The number of aromatic carboxylic acids is 1. The van der Waals surface area contributed by atoms with E-state index in [1.807, 2.05) is 24.3 Å². The number of hydrogen-bond donors (Lipinski definition) is 1. The third kappa shape index (κ3) is 2.90. The maximum atomic E-state index is 11.0. The molecular weight excluding hydrogens is 305 g/mol. The van der Waals surface area contributed by atoms with Crippen LogP contribution in [-0.4, -0.2) is 15.6 Å². The van der Waals surface area contributed by atoms with Crippen LogP contribution in [-0.2, 0) is 6.54 Å². The molecule has 0 unspecified atom stereocenters. The van der Waals surface area contributed by atoms with Crippen molar-refractivity contribution in [2.75, 3.05) is 0 Å². The van der Waals surface area contributed by atoms with Gasteiger partial charge in [-0.3, -0.25) is 0 Å². The van der Waals surface area contributed by atoms with Gasteiger partial charge in [-0.05, 0) is 23.8 Å². The maximum Gasteiger partial charge on any atom is 0.352 e. The predicted molar refractivity (Wildman–Crippen MR) is 69.6 cm³/mol. The molecule has 17 heavy (non-hydrogen) atoms. The zero-order valence-corrected chi connectivity index (χ0v) is 11.1. The van der Waals surface area contributed by atoms with Gasteiger partial charge in [-0.2, -0.15) is 0 Å². The number of benzene rings is 1. The zero-order chi connectivity index (χ0) is 12.4. The highest BCUT2D eigenvalue weighted by atomic mass is 79.9. The van der Waals surface area contributed by atoms with Crippen molar-refractivity contribution in [2.45, 2.75) is 6.54 Å². The highest BCUT2D eigenvalue weighted by Gasteiger charge is 2.11. The van der Waals surface area contributed by atoms with Gasteiger partial charge >= 0.3 is 5.97 Å². The molecule has 0 spiro atoms. The summed E-state index contributed by atoms with van der Waals surface area (Å²) in [5.41, 5.74) is 1.21. The lowest BCUT2D eigenvalue weighted by atomic mass is 10.2. The van der Waals surface area contributed by atoms with Crippen molar-refractivity contribution in [1.29, 1.82) is 0 Å². The molecule has 0 saturated carbocycles. The van der Waals surface area contributed by atoms with Crippen molar-refractivity contribution in [2.24, 2.45) is 0 Å². The van der Waals surface area contributed by atoms with E-state index in [1.54, 1.807) is 10.8 Å². The van der Waals surface area contributed by atoms with E-state index in [-0.39, 0.29) is 5.69 Å². The number of rotatable bonds is 3. The number of halogens is 2. The number of nitrogens with zero attached hydrogens (tertiary/aromatic N) is 1. The first-order valence-corrected chi connectivity index (χ1v) is 6.07. The molecule has 0 aliphatic rings. The standard InChI is InChI=1S/C12H9BrClNO2/c13-9-3-1-8(2-4-9)6-15-7-10(14)5-11(15)12(16)17/h1-5,7H,6H2,(H,16,17). The molecule has 0 atom stereocenters. The first-order chi connectivity index (χ1) is 8.06. The quantitative estimate of drug-likeness (QED) is 0.939. The Labute approximate surface area is 112 Å². The fraction of sp³-hybridized carbons (Fsp3) is 0.0833. The molecule has 1 N–H and O–H groups in total. The lowest BCUT2D eigenvalue weighted by Crippen LogP contribution is -2.08. The van der Waals surface area contributed by atoms with Gasteiger partial charge in [-0.1, -0.05) is 39.7 Å². The minimum absolute atomic E-state index is 0.193. The highest BCUT2D eigenvalue weighted by Crippen LogP contribution is 2.17. The minimum Gasteiger partial charge on any atom is -0.477 e. The van der Waals surface area contributed by atoms with Gasteiger partial charge < -0.3 is 9.67 Å². The van der Waals surface area contributed by atoms with Crippen LogP contribution < -0.4 is 0 Å². The smallest absolute Gasteiger partial charge is 0.352 e. The summed E-state index contributed by atoms with van der Waals surface area (Å²) in [4.78, 5) is 11.0. The lowest BCUT2D eigenvalue weighted by Gasteiger charge is -2.06. The van der Waals surface area contributed by atoms with Crippen LogP contribution in [0, 0.1) is 0 Å². The Kier molecular flexibility index (Phi) is 3.54. The van der Waals surface area contributed by atoms with Crippen molar-refractivity contribution in [3.05, 3.63) is 57.3 Å². The van der Waals surface area contributed by atoms with Crippen LogP contribution in [0.5, 0.6) is 0 Å². The second-order valence-corrected chi connectivity index (χ2v) is 4.96. The Morgan fingerprint density at radius 3 is 2.59 bits per heavy atom. The molecule has 0 saturated heterocycles. The molecule has 0 aliphatic heterocycles. The Morgan fingerprint density at radius 2 is 2.00 bits per heavy atom. The Morgan fingerprint density at radius 1 is 1.35 bits per heavy atom. The maximum absolute atomic E-state index is 11.0. The number of carboxylic acids is 1. The van der Waals surface area contributed by atoms with E-state index < -0.39 is 5.97 Å². The molecule has 2 rings (SSSR count). The van der Waals surface area contributed by atoms with Crippen molar-refractivity contribution < 1.29 is 9.90 Å². The Hall–Kier alpha value is -1.26. The van der Waals surface area contributed by atoms with Crippen molar-refractivity contribution >= 4 is 33.5 Å². The van der Waals surface area contributed by atoms with Crippen molar-refractivity contribution in [3.63, 3.8) is 0 Å². The van der Waals surface area contributed by atoms with E-state index in [0.717, 1.165) is 10.0 Å². The molecule has 0 bridgehead atoms. The van der Waals surface area contributed by atoms with Gasteiger partial charge in [0.15, 0.2) is 0 Å². The lowest BCUT2D eigenvalue weighted by molar-refractivity contribution is 0.0685. The second-order valence-electron chi connectivity index (χ2n) is 3.60. The van der Waals surface area contributed by atoms with Gasteiger partial charge in [0.25, 0.3) is 0 Å². The Bertz CT molecular complexity index is 548. The topological polar surface area (TPSA) is 42.2 Å². The number of carboxylic acid groups (broad SMARTS) is 1. The average molecular weight is 315 g/mol. The molecule has 0 amide bonds. The summed E-state index contributed by atoms with van der Waals surface area (Å²) in [6.07, 6.45) is 1.62. The molecule has 0 aliphatic carbocycles. The van der Waals surface area contributed by atoms with Gasteiger partial charge in [0, 0.05) is 17.2 Å². The molecule has 2 aromatic rings. The Balaban J connectivity index is 2.29. The predicted octanol–water partition coefficient (Wildman–Crippen LogP) is 3.65. The van der Waals surface area contributed by atoms with E-state index >= 15 is 0 Å². The summed E-state index contributed by atoms with van der Waals surface area (Å²) in [5.74, 6) is -0.978. The van der Waals surface area contributed by atoms with Gasteiger partial charge in [0.1, 0.15) is 5.69 Å². The second kappa shape index (κ2) is 4.94. The van der Waals surface area contributed by atoms with Crippen LogP contribution in [0.4, 0.5) is 0 Å². The van der Waals surface area contributed by atoms with Gasteiger partial charge in [-0.25, -0.2) is 4.79 Å². The molecule has 1 heterocycles. The van der Waals surface area contributed by atoms with Crippen LogP contribution in [0.15, 0.2) is 41.0 Å². The zero-order valence-electron chi connectivity index (χ0n) is 8.73. The van der Waals surface area contributed by atoms with Crippen LogP contribution in [0.3, 0.4) is 0 Å². The van der Waals surface area contributed by atoms with E-state index in [0.29, 0.717) is 11.6 Å². The first kappa shape index (κ1) is 12.2. The molecule has 88 valence electrons. The number of hydrogen-bond acceptors (Lipinski definition) is 1. The van der Waals surface area contributed by atoms with E-state index in [2.05, 4.69) is 15.9 Å². The van der Waals surface area contributed by atoms with Crippen LogP contribution in [0.25, 0.3) is 0 Å². The molecule has 1 aromatic carbocycles. The monoisotopic (exact) mass is 313 g/mol. The SMILES string of the molecule is O=C(O)c1cc(Cl)cn1Cc1ccc(Br)cc1. The van der Waals surface area contributed by atoms with Crippen LogP contribution >= 0.6 is 27.5 Å². The first-order valence-electron chi connectivity index (χ1n) is 4.89. The molecule has 0 radical (unpaired) electrons. The summed E-state index contributed by atoms with van der Waals surface area (Å²) in [5, 5.41) is 9.44. The van der Waals surface area contributed by atoms with E-state index in [1.165, 1.54) is 6.07 Å². The number of carbonyl (C=O) groups is 1. The number of aromatic nitrogens is 1. The van der Waals surface area contributed by atoms with E-state index in [4.69, 9.17) is 16.7 Å². The van der Waals surface area contributed by atoms with Crippen molar-refractivity contribution in [1.82, 2.24) is 4.57 Å². The third-order valence-corrected chi connectivity index (χ3v) is 3.08. The molecule has 0 fully saturated rings. The van der Waals surface area contributed by atoms with Crippen molar-refractivity contribution in [3.8, 4) is 0 Å². The van der Waals surface area contributed by atoms with Crippen LogP contribution in [0.1, 0.15) is 16.1 Å². The fourth-order valence-corrected chi connectivity index (χ4v) is 2.06. The molecule has 3 nitrogen and oxygen atoms in total. The summed E-state index contributed by atoms with van der Waals surface area (Å²) in [6.45, 7) is 0.488. The summed E-state index contributed by atoms with van der Waals surface area (Å²) in [7, 11) is 0. The fourth-order valence-electron chi connectivity index (χ4n) is 1.57. The average Bonchev–Trinajstić information content (AvgIpc) is 2.63. The highest BCUT2D eigenvalue weighted by molar-refractivity contribution is 9.10. The normalized spacial score (nSPS) is 10.5. The van der Waals surface area contributed by atoms with Gasteiger partial charge in [-0.15, -0.1) is 0 Å².